The van der Waals surface area contributed by atoms with Crippen LogP contribution in [0.4, 0.5) is 0 Å². The molecule has 0 amide bonds. The molecule has 1 saturated heterocycles. The van der Waals surface area contributed by atoms with Gasteiger partial charge in [0.1, 0.15) is 5.52 Å². The van der Waals surface area contributed by atoms with Gasteiger partial charge in [-0.15, -0.1) is 0 Å². The highest BCUT2D eigenvalue weighted by Gasteiger charge is 2.13. The van der Waals surface area contributed by atoms with Crippen molar-refractivity contribution in [3.8, 4) is 0 Å². The van der Waals surface area contributed by atoms with Gasteiger partial charge >= 0.3 is 5.97 Å². The van der Waals surface area contributed by atoms with Gasteiger partial charge < -0.3 is 14.6 Å². The number of carbonyl (C=O) groups excluding carboxylic acids is 1. The number of hydrogen-bond acceptors (Lipinski definition) is 4. The minimum absolute atomic E-state index is 0.286. The van der Waals surface area contributed by atoms with Crippen LogP contribution in [0.15, 0.2) is 24.5 Å². The summed E-state index contributed by atoms with van der Waals surface area (Å²) in [6, 6.07) is 5.50. The zero-order valence-electron chi connectivity index (χ0n) is 12.2. The second-order valence-electron chi connectivity index (χ2n) is 5.50. The molecule has 0 spiro atoms. The molecule has 0 aliphatic carbocycles. The Morgan fingerprint density at radius 2 is 2.14 bits per heavy atom. The van der Waals surface area contributed by atoms with Crippen LogP contribution in [0.1, 0.15) is 36.0 Å². The summed E-state index contributed by atoms with van der Waals surface area (Å²) in [5.74, 6) is -0.286. The summed E-state index contributed by atoms with van der Waals surface area (Å²) in [5, 5.41) is 0. The standard InChI is InChI=1S/C16H21N3O2/c20-16(13-6-4-7-14-15(13)18-12-17-14)21-11-5-10-19-8-2-1-3-9-19/h4,6-7,12H,1-3,5,8-11H2,(H,17,18). The van der Waals surface area contributed by atoms with E-state index in [1.165, 1.54) is 32.4 Å². The Hall–Kier alpha value is -1.88. The van der Waals surface area contributed by atoms with Crippen LogP contribution in [0.5, 0.6) is 0 Å². The Bertz CT molecular complexity index is 602. The van der Waals surface area contributed by atoms with Crippen molar-refractivity contribution in [1.29, 1.82) is 0 Å². The minimum atomic E-state index is -0.286. The summed E-state index contributed by atoms with van der Waals surface area (Å²) in [6.07, 6.45) is 6.42. The van der Waals surface area contributed by atoms with E-state index >= 15 is 0 Å². The Morgan fingerprint density at radius 3 is 3.00 bits per heavy atom. The van der Waals surface area contributed by atoms with Crippen molar-refractivity contribution >= 4 is 17.0 Å². The number of aromatic nitrogens is 2. The monoisotopic (exact) mass is 287 g/mol. The van der Waals surface area contributed by atoms with Crippen LogP contribution in [0, 0.1) is 0 Å². The number of piperidine rings is 1. The van der Waals surface area contributed by atoms with Gasteiger partial charge in [-0.1, -0.05) is 12.5 Å². The molecule has 0 atom stereocenters. The molecule has 1 aromatic carbocycles. The zero-order valence-corrected chi connectivity index (χ0v) is 12.2. The predicted octanol–water partition coefficient (Wildman–Crippen LogP) is 2.60. The smallest absolute Gasteiger partial charge is 0.340 e. The van der Waals surface area contributed by atoms with Crippen molar-refractivity contribution in [3.05, 3.63) is 30.1 Å². The fourth-order valence-electron chi connectivity index (χ4n) is 2.84. The van der Waals surface area contributed by atoms with Crippen molar-refractivity contribution in [1.82, 2.24) is 14.9 Å². The molecule has 5 nitrogen and oxygen atoms in total. The number of H-pyrrole nitrogens is 1. The Kier molecular flexibility index (Phi) is 4.50. The molecule has 112 valence electrons. The largest absolute Gasteiger partial charge is 0.462 e. The van der Waals surface area contributed by atoms with E-state index in [0.717, 1.165) is 18.5 Å². The number of likely N-dealkylation sites (tertiary alicyclic amines) is 1. The normalized spacial score (nSPS) is 16.2. The molecule has 0 radical (unpaired) electrons. The van der Waals surface area contributed by atoms with Crippen LogP contribution in [-0.2, 0) is 4.74 Å². The average molecular weight is 287 g/mol. The first-order valence-corrected chi connectivity index (χ1v) is 7.66. The van der Waals surface area contributed by atoms with Crippen molar-refractivity contribution in [2.45, 2.75) is 25.7 Å². The van der Waals surface area contributed by atoms with Crippen LogP contribution in [-0.4, -0.2) is 47.1 Å². The van der Waals surface area contributed by atoms with Gasteiger partial charge in [-0.2, -0.15) is 0 Å². The van der Waals surface area contributed by atoms with Crippen LogP contribution >= 0.6 is 0 Å². The Balaban J connectivity index is 1.49. The maximum atomic E-state index is 12.1. The van der Waals surface area contributed by atoms with Crippen LogP contribution in [0.25, 0.3) is 11.0 Å². The fraction of sp³-hybridized carbons (Fsp3) is 0.500. The number of rotatable bonds is 5. The molecular formula is C16H21N3O2. The van der Waals surface area contributed by atoms with E-state index in [-0.39, 0.29) is 5.97 Å². The second kappa shape index (κ2) is 6.72. The zero-order chi connectivity index (χ0) is 14.5. The molecule has 3 rings (SSSR count). The number of benzene rings is 1. The van der Waals surface area contributed by atoms with Gasteiger partial charge in [-0.05, 0) is 44.5 Å². The molecule has 2 aromatic rings. The Morgan fingerprint density at radius 1 is 1.29 bits per heavy atom. The summed E-state index contributed by atoms with van der Waals surface area (Å²) in [5.41, 5.74) is 2.07. The van der Waals surface area contributed by atoms with E-state index in [0.29, 0.717) is 17.7 Å². The highest BCUT2D eigenvalue weighted by molar-refractivity contribution is 6.01. The number of nitrogens with zero attached hydrogens (tertiary/aromatic N) is 2. The predicted molar refractivity (Wildman–Crippen MR) is 81.3 cm³/mol. The lowest BCUT2D eigenvalue weighted by molar-refractivity contribution is 0.0487. The maximum Gasteiger partial charge on any atom is 0.340 e. The van der Waals surface area contributed by atoms with E-state index in [1.807, 2.05) is 12.1 Å². The third-order valence-electron chi connectivity index (χ3n) is 3.97. The van der Waals surface area contributed by atoms with Gasteiger partial charge in [0.15, 0.2) is 0 Å². The van der Waals surface area contributed by atoms with Crippen LogP contribution in [0.2, 0.25) is 0 Å². The quantitative estimate of drug-likeness (QED) is 0.678. The van der Waals surface area contributed by atoms with E-state index in [4.69, 9.17) is 4.74 Å². The first-order valence-electron chi connectivity index (χ1n) is 7.66. The lowest BCUT2D eigenvalue weighted by atomic mass is 10.1. The summed E-state index contributed by atoms with van der Waals surface area (Å²) in [4.78, 5) is 21.7. The highest BCUT2D eigenvalue weighted by Crippen LogP contribution is 2.15. The summed E-state index contributed by atoms with van der Waals surface area (Å²) in [7, 11) is 0. The van der Waals surface area contributed by atoms with Gasteiger partial charge in [-0.25, -0.2) is 9.78 Å². The number of carbonyl (C=O) groups is 1. The van der Waals surface area contributed by atoms with Gasteiger partial charge in [0.05, 0.1) is 24.0 Å². The van der Waals surface area contributed by atoms with E-state index < -0.39 is 0 Å². The van der Waals surface area contributed by atoms with Crippen LogP contribution in [0.3, 0.4) is 0 Å². The minimum Gasteiger partial charge on any atom is -0.462 e. The first kappa shape index (κ1) is 14.1. The fourth-order valence-corrected chi connectivity index (χ4v) is 2.84. The molecule has 5 heteroatoms. The molecule has 1 aromatic heterocycles. The maximum absolute atomic E-state index is 12.1. The summed E-state index contributed by atoms with van der Waals surface area (Å²) >= 11 is 0. The number of fused-ring (bicyclic) bond motifs is 1. The average Bonchev–Trinajstić information content (AvgIpc) is 3.01. The van der Waals surface area contributed by atoms with E-state index in [1.54, 1.807) is 12.4 Å². The highest BCUT2D eigenvalue weighted by atomic mass is 16.5. The molecule has 2 heterocycles. The number of hydrogen-bond donors (Lipinski definition) is 1. The van der Waals surface area contributed by atoms with Crippen molar-refractivity contribution in [3.63, 3.8) is 0 Å². The van der Waals surface area contributed by atoms with E-state index in [2.05, 4.69) is 14.9 Å². The summed E-state index contributed by atoms with van der Waals surface area (Å²) < 4.78 is 5.38. The molecule has 0 bridgehead atoms. The molecular weight excluding hydrogens is 266 g/mol. The van der Waals surface area contributed by atoms with Gasteiger partial charge in [-0.3, -0.25) is 0 Å². The molecule has 1 aliphatic rings. The number of imidazole rings is 1. The van der Waals surface area contributed by atoms with Gasteiger partial charge in [0.25, 0.3) is 0 Å². The molecule has 0 unspecified atom stereocenters. The molecule has 1 aliphatic heterocycles. The molecule has 1 fully saturated rings. The van der Waals surface area contributed by atoms with Crippen molar-refractivity contribution in [2.24, 2.45) is 0 Å². The number of ether oxygens (including phenoxy) is 1. The second-order valence-corrected chi connectivity index (χ2v) is 5.50. The first-order chi connectivity index (χ1) is 10.3. The lowest BCUT2D eigenvalue weighted by Crippen LogP contribution is -2.31. The third-order valence-corrected chi connectivity index (χ3v) is 3.97. The summed E-state index contributed by atoms with van der Waals surface area (Å²) in [6.45, 7) is 3.84. The van der Waals surface area contributed by atoms with E-state index in [9.17, 15) is 4.79 Å². The third kappa shape index (κ3) is 3.42. The lowest BCUT2D eigenvalue weighted by Gasteiger charge is -2.26. The van der Waals surface area contributed by atoms with Crippen molar-refractivity contribution in [2.75, 3.05) is 26.2 Å². The SMILES string of the molecule is O=C(OCCCN1CCCCC1)c1cccc2[nH]cnc12. The van der Waals surface area contributed by atoms with Gasteiger partial charge in [0.2, 0.25) is 0 Å². The van der Waals surface area contributed by atoms with Crippen LogP contribution < -0.4 is 0 Å². The molecule has 1 N–H and O–H groups in total. The molecule has 21 heavy (non-hydrogen) atoms. The molecule has 0 saturated carbocycles. The number of para-hydroxylation sites is 1. The topological polar surface area (TPSA) is 58.2 Å². The number of esters is 1. The van der Waals surface area contributed by atoms with Crippen molar-refractivity contribution < 1.29 is 9.53 Å². The number of aromatic amines is 1. The Labute approximate surface area is 124 Å². The van der Waals surface area contributed by atoms with Gasteiger partial charge in [0, 0.05) is 6.54 Å². The number of nitrogens with one attached hydrogen (secondary N) is 1.